The van der Waals surface area contributed by atoms with Crippen LogP contribution in [0, 0.1) is 0 Å². The summed E-state index contributed by atoms with van der Waals surface area (Å²) in [5, 5.41) is 0. The van der Waals surface area contributed by atoms with Crippen LogP contribution >= 0.6 is 0 Å². The molecule has 0 amide bonds. The van der Waals surface area contributed by atoms with Crippen molar-refractivity contribution in [3.63, 3.8) is 0 Å². The van der Waals surface area contributed by atoms with Crippen molar-refractivity contribution in [2.24, 2.45) is 0 Å². The number of hydrogen-bond acceptors (Lipinski definition) is 3. The predicted molar refractivity (Wildman–Crippen MR) is 118 cm³/mol. The molecular weight excluding hydrogens is 372 g/mol. The summed E-state index contributed by atoms with van der Waals surface area (Å²) >= 11 is 0. The highest BCUT2D eigenvalue weighted by Crippen LogP contribution is 2.27. The van der Waals surface area contributed by atoms with Crippen LogP contribution < -0.4 is 4.74 Å². The third kappa shape index (κ3) is 11.7. The maximum absolute atomic E-state index is 10.9. The smallest absolute Gasteiger partial charge is 0.264 e. The lowest BCUT2D eigenvalue weighted by Crippen LogP contribution is -2.10. The standard InChI is InChI=1S/C23H40O4S/c1-3-5-7-9-11-15-21-16-13-18-23(27-19-14-20-28(24,25)26)22(21)17-12-10-8-6-4-2/h13,16,18H,3-12,14-15,17,19-20H2,1-2H3,(H,24,25,26). The Bertz CT molecular complexity index is 625. The van der Waals surface area contributed by atoms with Crippen LogP contribution in [0.3, 0.4) is 0 Å². The number of benzene rings is 1. The molecule has 1 rings (SSSR count). The third-order valence-corrected chi connectivity index (χ3v) is 5.92. The van der Waals surface area contributed by atoms with E-state index < -0.39 is 10.1 Å². The molecule has 0 spiro atoms. The average molecular weight is 413 g/mol. The van der Waals surface area contributed by atoms with Crippen LogP contribution in [0.5, 0.6) is 5.75 Å². The van der Waals surface area contributed by atoms with Gasteiger partial charge in [0.25, 0.3) is 10.1 Å². The van der Waals surface area contributed by atoms with Gasteiger partial charge in [-0.2, -0.15) is 8.42 Å². The molecule has 0 saturated carbocycles. The molecule has 0 aromatic heterocycles. The number of aryl methyl sites for hydroxylation is 1. The summed E-state index contributed by atoms with van der Waals surface area (Å²) in [7, 11) is -3.92. The number of ether oxygens (including phenoxy) is 1. The van der Waals surface area contributed by atoms with Crippen molar-refractivity contribution in [2.75, 3.05) is 12.4 Å². The highest BCUT2D eigenvalue weighted by Gasteiger charge is 2.11. The van der Waals surface area contributed by atoms with Crippen LogP contribution in [0.2, 0.25) is 0 Å². The summed E-state index contributed by atoms with van der Waals surface area (Å²) in [6.07, 6.45) is 14.9. The molecule has 0 aliphatic rings. The maximum Gasteiger partial charge on any atom is 0.264 e. The Labute approximate surface area is 172 Å². The lowest BCUT2D eigenvalue weighted by molar-refractivity contribution is 0.312. The van der Waals surface area contributed by atoms with Gasteiger partial charge in [-0.1, -0.05) is 77.3 Å². The maximum atomic E-state index is 10.9. The normalized spacial score (nSPS) is 11.7. The van der Waals surface area contributed by atoms with Crippen molar-refractivity contribution in [1.29, 1.82) is 0 Å². The zero-order valence-corrected chi connectivity index (χ0v) is 18.7. The van der Waals surface area contributed by atoms with Gasteiger partial charge in [-0.3, -0.25) is 4.55 Å². The van der Waals surface area contributed by atoms with E-state index in [-0.39, 0.29) is 5.75 Å². The van der Waals surface area contributed by atoms with Crippen molar-refractivity contribution >= 4 is 10.1 Å². The van der Waals surface area contributed by atoms with Gasteiger partial charge in [0.05, 0.1) is 12.4 Å². The molecule has 0 fully saturated rings. The van der Waals surface area contributed by atoms with Gasteiger partial charge in [-0.15, -0.1) is 0 Å². The van der Waals surface area contributed by atoms with Crippen molar-refractivity contribution < 1.29 is 17.7 Å². The quantitative estimate of drug-likeness (QED) is 0.238. The molecule has 1 aromatic rings. The van der Waals surface area contributed by atoms with Crippen LogP contribution in [-0.4, -0.2) is 25.3 Å². The largest absolute Gasteiger partial charge is 0.493 e. The van der Waals surface area contributed by atoms with Gasteiger partial charge in [0.2, 0.25) is 0 Å². The van der Waals surface area contributed by atoms with E-state index in [4.69, 9.17) is 9.29 Å². The van der Waals surface area contributed by atoms with Gasteiger partial charge < -0.3 is 4.74 Å². The first-order valence-corrected chi connectivity index (χ1v) is 12.8. The zero-order chi connectivity index (χ0) is 20.7. The molecule has 162 valence electrons. The third-order valence-electron chi connectivity index (χ3n) is 5.11. The molecule has 1 N–H and O–H groups in total. The van der Waals surface area contributed by atoms with E-state index in [9.17, 15) is 8.42 Å². The van der Waals surface area contributed by atoms with E-state index in [1.807, 2.05) is 12.1 Å². The highest BCUT2D eigenvalue weighted by molar-refractivity contribution is 7.85. The second kappa shape index (κ2) is 14.9. The van der Waals surface area contributed by atoms with Gasteiger partial charge >= 0.3 is 0 Å². The Kier molecular flexibility index (Phi) is 13.3. The first-order chi connectivity index (χ1) is 13.5. The minimum absolute atomic E-state index is 0.254. The zero-order valence-electron chi connectivity index (χ0n) is 17.9. The van der Waals surface area contributed by atoms with Gasteiger partial charge in [0.1, 0.15) is 5.75 Å². The Morgan fingerprint density at radius 3 is 2.04 bits per heavy atom. The first kappa shape index (κ1) is 25.0. The molecular formula is C23H40O4S. The Balaban J connectivity index is 2.67. The summed E-state index contributed by atoms with van der Waals surface area (Å²) in [4.78, 5) is 0. The van der Waals surface area contributed by atoms with Crippen molar-refractivity contribution in [2.45, 2.75) is 97.3 Å². The van der Waals surface area contributed by atoms with Crippen LogP contribution in [0.1, 0.15) is 95.6 Å². The molecule has 0 aliphatic carbocycles. The van der Waals surface area contributed by atoms with Gasteiger partial charge in [0.15, 0.2) is 0 Å². The van der Waals surface area contributed by atoms with Crippen LogP contribution in [0.4, 0.5) is 0 Å². The van der Waals surface area contributed by atoms with Crippen molar-refractivity contribution in [3.8, 4) is 5.75 Å². The molecule has 0 atom stereocenters. The summed E-state index contributed by atoms with van der Waals surface area (Å²) in [6, 6.07) is 6.25. The Morgan fingerprint density at radius 1 is 0.821 bits per heavy atom. The van der Waals surface area contributed by atoms with Crippen LogP contribution in [-0.2, 0) is 23.0 Å². The number of rotatable bonds is 17. The van der Waals surface area contributed by atoms with E-state index >= 15 is 0 Å². The van der Waals surface area contributed by atoms with E-state index in [1.54, 1.807) is 0 Å². The summed E-state index contributed by atoms with van der Waals surface area (Å²) in [6.45, 7) is 4.77. The first-order valence-electron chi connectivity index (χ1n) is 11.2. The fourth-order valence-corrected chi connectivity index (χ4v) is 3.99. The predicted octanol–water partition coefficient (Wildman–Crippen LogP) is 6.37. The minimum atomic E-state index is -3.92. The fourth-order valence-electron chi connectivity index (χ4n) is 3.51. The van der Waals surface area contributed by atoms with Crippen molar-refractivity contribution in [1.82, 2.24) is 0 Å². The average Bonchev–Trinajstić information content (AvgIpc) is 2.65. The second-order valence-electron chi connectivity index (χ2n) is 7.71. The number of unbranched alkanes of at least 4 members (excludes halogenated alkanes) is 8. The van der Waals surface area contributed by atoms with Gasteiger partial charge in [-0.05, 0) is 49.3 Å². The summed E-state index contributed by atoms with van der Waals surface area (Å²) < 4.78 is 36.6. The van der Waals surface area contributed by atoms with Gasteiger partial charge in [-0.25, -0.2) is 0 Å². The van der Waals surface area contributed by atoms with Gasteiger partial charge in [0, 0.05) is 0 Å². The van der Waals surface area contributed by atoms with Crippen molar-refractivity contribution in [3.05, 3.63) is 29.3 Å². The molecule has 0 unspecified atom stereocenters. The molecule has 0 bridgehead atoms. The Hall–Kier alpha value is -1.07. The van der Waals surface area contributed by atoms with E-state index in [1.165, 1.54) is 68.9 Å². The summed E-state index contributed by atoms with van der Waals surface area (Å²) in [5.41, 5.74) is 2.67. The lowest BCUT2D eigenvalue weighted by atomic mass is 9.95. The SMILES string of the molecule is CCCCCCCc1cccc(OCCCS(=O)(=O)O)c1CCCCCCC. The number of hydrogen-bond donors (Lipinski definition) is 1. The molecule has 1 aromatic carbocycles. The van der Waals surface area contributed by atoms with E-state index in [0.29, 0.717) is 13.0 Å². The molecule has 5 heteroatoms. The second-order valence-corrected chi connectivity index (χ2v) is 9.28. The fraction of sp³-hybridized carbons (Fsp3) is 0.739. The molecule has 0 radical (unpaired) electrons. The van der Waals surface area contributed by atoms with Crippen LogP contribution in [0.25, 0.3) is 0 Å². The summed E-state index contributed by atoms with van der Waals surface area (Å²) in [5.74, 6) is 0.633. The monoisotopic (exact) mass is 412 g/mol. The molecule has 0 saturated heterocycles. The topological polar surface area (TPSA) is 63.6 Å². The molecule has 0 aliphatic heterocycles. The van der Waals surface area contributed by atoms with E-state index in [0.717, 1.165) is 25.0 Å². The molecule has 28 heavy (non-hydrogen) atoms. The minimum Gasteiger partial charge on any atom is -0.493 e. The highest BCUT2D eigenvalue weighted by atomic mass is 32.2. The molecule has 0 heterocycles. The Morgan fingerprint density at radius 2 is 1.43 bits per heavy atom. The lowest BCUT2D eigenvalue weighted by Gasteiger charge is -2.16. The van der Waals surface area contributed by atoms with E-state index in [2.05, 4.69) is 19.9 Å². The van der Waals surface area contributed by atoms with Crippen LogP contribution in [0.15, 0.2) is 18.2 Å². The molecule has 4 nitrogen and oxygen atoms in total.